The molecular formula is C18H22N4O3. The summed E-state index contributed by atoms with van der Waals surface area (Å²) < 4.78 is 12.2. The molecule has 132 valence electrons. The van der Waals surface area contributed by atoms with E-state index >= 15 is 0 Å². The minimum atomic E-state index is -0.435. The first-order valence-electron chi connectivity index (χ1n) is 8.36. The van der Waals surface area contributed by atoms with Crippen LogP contribution in [0.3, 0.4) is 0 Å². The number of rotatable bonds is 5. The number of imidazole rings is 1. The van der Waals surface area contributed by atoms with Crippen molar-refractivity contribution in [1.82, 2.24) is 14.5 Å². The first-order valence-corrected chi connectivity index (χ1v) is 8.36. The Bertz CT molecular complexity index is 746. The van der Waals surface area contributed by atoms with Crippen molar-refractivity contribution in [2.45, 2.75) is 13.8 Å². The minimum absolute atomic E-state index is 0.296. The van der Waals surface area contributed by atoms with Gasteiger partial charge in [0.05, 0.1) is 26.2 Å². The number of morpholine rings is 1. The van der Waals surface area contributed by atoms with Gasteiger partial charge < -0.3 is 14.4 Å². The van der Waals surface area contributed by atoms with E-state index in [2.05, 4.69) is 9.98 Å². The Kier molecular flexibility index (Phi) is 5.45. The van der Waals surface area contributed by atoms with Crippen molar-refractivity contribution in [3.05, 3.63) is 41.9 Å². The molecule has 0 aliphatic carbocycles. The Morgan fingerprint density at radius 2 is 2.04 bits per heavy atom. The number of nitrogens with zero attached hydrogens (tertiary/aromatic N) is 4. The van der Waals surface area contributed by atoms with Crippen LogP contribution in [0.1, 0.15) is 23.0 Å². The van der Waals surface area contributed by atoms with Gasteiger partial charge in [-0.2, -0.15) is 0 Å². The summed E-state index contributed by atoms with van der Waals surface area (Å²) in [6, 6.07) is 7.85. The maximum absolute atomic E-state index is 12.4. The highest BCUT2D eigenvalue weighted by Crippen LogP contribution is 2.22. The van der Waals surface area contributed by atoms with E-state index in [9.17, 15) is 4.79 Å². The second-order valence-corrected chi connectivity index (χ2v) is 5.74. The number of esters is 1. The van der Waals surface area contributed by atoms with Gasteiger partial charge in [0, 0.05) is 18.8 Å². The van der Waals surface area contributed by atoms with Crippen LogP contribution in [0.4, 0.5) is 5.82 Å². The standard InChI is InChI=1S/C18H22N4O3/c1-3-25-18(23)16-17(19-12-21-8-10-24-11-9-21)20-13-22(16)15-6-4-14(2)5-7-15/h4-7,12-13H,3,8-11H2,1-2H3. The smallest absolute Gasteiger partial charge is 0.359 e. The molecule has 1 aromatic heterocycles. The number of ether oxygens (including phenoxy) is 2. The number of hydrogen-bond donors (Lipinski definition) is 0. The predicted molar refractivity (Wildman–Crippen MR) is 94.8 cm³/mol. The Labute approximate surface area is 146 Å². The number of aromatic nitrogens is 2. The van der Waals surface area contributed by atoms with Crippen LogP contribution in [0, 0.1) is 6.92 Å². The molecule has 0 bridgehead atoms. The molecule has 0 N–H and O–H groups in total. The molecule has 1 saturated heterocycles. The zero-order chi connectivity index (χ0) is 17.6. The third kappa shape index (κ3) is 4.06. The van der Waals surface area contributed by atoms with Crippen LogP contribution in [0.2, 0.25) is 0 Å². The summed E-state index contributed by atoms with van der Waals surface area (Å²) in [5.41, 5.74) is 2.32. The van der Waals surface area contributed by atoms with E-state index in [1.165, 1.54) is 0 Å². The molecule has 25 heavy (non-hydrogen) atoms. The largest absolute Gasteiger partial charge is 0.461 e. The lowest BCUT2D eigenvalue weighted by atomic mass is 10.2. The van der Waals surface area contributed by atoms with Crippen LogP contribution in [0.5, 0.6) is 0 Å². The van der Waals surface area contributed by atoms with Gasteiger partial charge in [-0.1, -0.05) is 17.7 Å². The van der Waals surface area contributed by atoms with Gasteiger partial charge in [-0.25, -0.2) is 14.8 Å². The number of aliphatic imine (C=N–C) groups is 1. The summed E-state index contributed by atoms with van der Waals surface area (Å²) in [5.74, 6) is -0.0831. The van der Waals surface area contributed by atoms with Gasteiger partial charge in [0.25, 0.3) is 0 Å². The van der Waals surface area contributed by atoms with Gasteiger partial charge in [0.2, 0.25) is 0 Å². The van der Waals surface area contributed by atoms with Crippen molar-refractivity contribution in [3.63, 3.8) is 0 Å². The molecular weight excluding hydrogens is 320 g/mol. The highest BCUT2D eigenvalue weighted by Gasteiger charge is 2.21. The normalized spacial score (nSPS) is 14.9. The molecule has 0 radical (unpaired) electrons. The molecule has 0 unspecified atom stereocenters. The topological polar surface area (TPSA) is 68.9 Å². The molecule has 3 rings (SSSR count). The van der Waals surface area contributed by atoms with Gasteiger partial charge in [-0.3, -0.25) is 4.57 Å². The molecule has 0 atom stereocenters. The van der Waals surface area contributed by atoms with Crippen LogP contribution in [0.25, 0.3) is 5.69 Å². The SMILES string of the molecule is CCOC(=O)c1c(N=CN2CCOCC2)ncn1-c1ccc(C)cc1. The van der Waals surface area contributed by atoms with Crippen molar-refractivity contribution in [3.8, 4) is 5.69 Å². The molecule has 0 amide bonds. The van der Waals surface area contributed by atoms with E-state index < -0.39 is 5.97 Å². The van der Waals surface area contributed by atoms with E-state index in [1.807, 2.05) is 36.1 Å². The fourth-order valence-electron chi connectivity index (χ4n) is 2.55. The van der Waals surface area contributed by atoms with Crippen LogP contribution >= 0.6 is 0 Å². The van der Waals surface area contributed by atoms with Crippen LogP contribution in [0.15, 0.2) is 35.6 Å². The first kappa shape index (κ1) is 17.2. The highest BCUT2D eigenvalue weighted by atomic mass is 16.5. The lowest BCUT2D eigenvalue weighted by Crippen LogP contribution is -2.35. The molecule has 7 nitrogen and oxygen atoms in total. The summed E-state index contributed by atoms with van der Waals surface area (Å²) in [6.45, 7) is 6.99. The van der Waals surface area contributed by atoms with Crippen LogP contribution in [-0.4, -0.2) is 59.7 Å². The summed E-state index contributed by atoms with van der Waals surface area (Å²) in [7, 11) is 0. The average molecular weight is 342 g/mol. The monoisotopic (exact) mass is 342 g/mol. The summed E-state index contributed by atoms with van der Waals surface area (Å²) >= 11 is 0. The predicted octanol–water partition coefficient (Wildman–Crippen LogP) is 2.35. The maximum Gasteiger partial charge on any atom is 0.359 e. The number of aryl methyl sites for hydroxylation is 1. The van der Waals surface area contributed by atoms with Gasteiger partial charge >= 0.3 is 5.97 Å². The van der Waals surface area contributed by atoms with Gasteiger partial charge in [0.15, 0.2) is 11.5 Å². The number of benzene rings is 1. The first-order chi connectivity index (χ1) is 12.2. The van der Waals surface area contributed by atoms with Crippen LogP contribution < -0.4 is 0 Å². The van der Waals surface area contributed by atoms with Crippen molar-refractivity contribution in [2.75, 3.05) is 32.9 Å². The Hall–Kier alpha value is -2.67. The summed E-state index contributed by atoms with van der Waals surface area (Å²) in [4.78, 5) is 23.2. The van der Waals surface area contributed by atoms with E-state index in [-0.39, 0.29) is 0 Å². The second kappa shape index (κ2) is 7.94. The molecule has 2 heterocycles. The van der Waals surface area contributed by atoms with E-state index in [0.29, 0.717) is 31.3 Å². The van der Waals surface area contributed by atoms with E-state index in [1.54, 1.807) is 24.2 Å². The molecule has 0 spiro atoms. The third-order valence-electron chi connectivity index (χ3n) is 3.92. The fraction of sp³-hybridized carbons (Fsp3) is 0.389. The van der Waals surface area contributed by atoms with Gasteiger partial charge in [0.1, 0.15) is 6.33 Å². The zero-order valence-electron chi connectivity index (χ0n) is 14.5. The Morgan fingerprint density at radius 3 is 2.72 bits per heavy atom. The number of hydrogen-bond acceptors (Lipinski definition) is 5. The van der Waals surface area contributed by atoms with Gasteiger partial charge in [-0.15, -0.1) is 0 Å². The average Bonchev–Trinajstić information content (AvgIpc) is 3.06. The maximum atomic E-state index is 12.4. The number of carbonyl (C=O) groups excluding carboxylic acids is 1. The van der Waals surface area contributed by atoms with Crippen LogP contribution in [-0.2, 0) is 9.47 Å². The van der Waals surface area contributed by atoms with Crippen molar-refractivity contribution >= 4 is 18.1 Å². The molecule has 1 aliphatic heterocycles. The molecule has 2 aromatic rings. The fourth-order valence-corrected chi connectivity index (χ4v) is 2.55. The lowest BCUT2D eigenvalue weighted by Gasteiger charge is -2.23. The van der Waals surface area contributed by atoms with Gasteiger partial charge in [-0.05, 0) is 26.0 Å². The molecule has 1 fully saturated rings. The molecule has 0 saturated carbocycles. The molecule has 7 heteroatoms. The summed E-state index contributed by atoms with van der Waals surface area (Å²) in [6.07, 6.45) is 3.32. The Morgan fingerprint density at radius 1 is 1.32 bits per heavy atom. The molecule has 1 aromatic carbocycles. The summed E-state index contributed by atoms with van der Waals surface area (Å²) in [5, 5.41) is 0. The lowest BCUT2D eigenvalue weighted by molar-refractivity contribution is 0.0518. The quantitative estimate of drug-likeness (QED) is 0.474. The Balaban J connectivity index is 1.93. The highest BCUT2D eigenvalue weighted by molar-refractivity contribution is 5.93. The third-order valence-corrected chi connectivity index (χ3v) is 3.92. The van der Waals surface area contributed by atoms with E-state index in [0.717, 1.165) is 24.3 Å². The second-order valence-electron chi connectivity index (χ2n) is 5.74. The number of carbonyl (C=O) groups is 1. The minimum Gasteiger partial charge on any atom is -0.461 e. The van der Waals surface area contributed by atoms with Crippen molar-refractivity contribution in [2.24, 2.45) is 4.99 Å². The van der Waals surface area contributed by atoms with E-state index in [4.69, 9.17) is 9.47 Å². The zero-order valence-corrected chi connectivity index (χ0v) is 14.5. The molecule has 1 aliphatic rings. The van der Waals surface area contributed by atoms with Crippen molar-refractivity contribution in [1.29, 1.82) is 0 Å². The van der Waals surface area contributed by atoms with Crippen molar-refractivity contribution < 1.29 is 14.3 Å².